The SMILES string of the molecule is Cc1cc(Sc2cc(O)cc(Cc3ccccc3)c2)ccc1OCC(=O)O. The van der Waals surface area contributed by atoms with Gasteiger partial charge in [0.15, 0.2) is 6.61 Å². The van der Waals surface area contributed by atoms with Crippen LogP contribution in [0.4, 0.5) is 0 Å². The van der Waals surface area contributed by atoms with Crippen LogP contribution in [0.15, 0.2) is 76.5 Å². The summed E-state index contributed by atoms with van der Waals surface area (Å²) in [5.74, 6) is -0.204. The van der Waals surface area contributed by atoms with Gasteiger partial charge >= 0.3 is 5.97 Å². The molecule has 0 atom stereocenters. The molecule has 138 valence electrons. The van der Waals surface area contributed by atoms with Gasteiger partial charge in [-0.05, 0) is 66.4 Å². The Morgan fingerprint density at radius 1 is 0.963 bits per heavy atom. The molecule has 0 heterocycles. The number of phenolic OH excluding ortho intramolecular Hbond substituents is 1. The molecule has 4 nitrogen and oxygen atoms in total. The molecule has 0 radical (unpaired) electrons. The van der Waals surface area contributed by atoms with E-state index in [2.05, 4.69) is 18.2 Å². The molecule has 0 aliphatic rings. The van der Waals surface area contributed by atoms with E-state index in [4.69, 9.17) is 9.84 Å². The molecule has 5 heteroatoms. The van der Waals surface area contributed by atoms with Crippen LogP contribution >= 0.6 is 11.8 Å². The number of hydrogen-bond donors (Lipinski definition) is 2. The number of aromatic hydroxyl groups is 1. The lowest BCUT2D eigenvalue weighted by molar-refractivity contribution is -0.139. The van der Waals surface area contributed by atoms with E-state index in [1.807, 2.05) is 37.3 Å². The first-order valence-corrected chi connectivity index (χ1v) is 9.31. The molecule has 3 rings (SSSR count). The maximum Gasteiger partial charge on any atom is 0.341 e. The number of hydrogen-bond acceptors (Lipinski definition) is 4. The van der Waals surface area contributed by atoms with E-state index in [1.165, 1.54) is 5.56 Å². The highest BCUT2D eigenvalue weighted by molar-refractivity contribution is 7.99. The fourth-order valence-corrected chi connectivity index (χ4v) is 3.79. The van der Waals surface area contributed by atoms with Gasteiger partial charge < -0.3 is 14.9 Å². The molecule has 3 aromatic carbocycles. The molecule has 0 amide bonds. The van der Waals surface area contributed by atoms with Crippen molar-refractivity contribution >= 4 is 17.7 Å². The second kappa shape index (κ2) is 8.64. The van der Waals surface area contributed by atoms with E-state index in [0.717, 1.165) is 27.3 Å². The number of ether oxygens (including phenoxy) is 1. The van der Waals surface area contributed by atoms with Gasteiger partial charge in [0.1, 0.15) is 11.5 Å². The Labute approximate surface area is 162 Å². The molecule has 0 aliphatic heterocycles. The standard InChI is InChI=1S/C22H20O4S/c1-15-9-19(7-8-21(15)26-14-22(24)25)27-20-12-17(11-18(23)13-20)10-16-5-3-2-4-6-16/h2-9,11-13,23H,10,14H2,1H3,(H,24,25). The average molecular weight is 380 g/mol. The summed E-state index contributed by atoms with van der Waals surface area (Å²) in [6, 6.07) is 21.3. The smallest absolute Gasteiger partial charge is 0.341 e. The molecule has 0 aromatic heterocycles. The number of phenols is 1. The largest absolute Gasteiger partial charge is 0.508 e. The van der Waals surface area contributed by atoms with Crippen LogP contribution in [0.5, 0.6) is 11.5 Å². The molecule has 0 saturated carbocycles. The molecule has 0 aliphatic carbocycles. The van der Waals surface area contributed by atoms with Crippen molar-refractivity contribution in [3.63, 3.8) is 0 Å². The van der Waals surface area contributed by atoms with E-state index in [0.29, 0.717) is 5.75 Å². The van der Waals surface area contributed by atoms with Gasteiger partial charge in [0.05, 0.1) is 0 Å². The van der Waals surface area contributed by atoms with Crippen molar-refractivity contribution in [1.29, 1.82) is 0 Å². The number of carboxylic acids is 1. The van der Waals surface area contributed by atoms with Crippen LogP contribution in [0.25, 0.3) is 0 Å². The third-order valence-electron chi connectivity index (χ3n) is 3.94. The Balaban J connectivity index is 1.75. The molecule has 0 saturated heterocycles. The van der Waals surface area contributed by atoms with Crippen LogP contribution in [0, 0.1) is 6.92 Å². The van der Waals surface area contributed by atoms with Gasteiger partial charge in [-0.15, -0.1) is 0 Å². The zero-order chi connectivity index (χ0) is 19.2. The molecule has 0 unspecified atom stereocenters. The first kappa shape index (κ1) is 18.9. The average Bonchev–Trinajstić information content (AvgIpc) is 2.61. The van der Waals surface area contributed by atoms with Crippen LogP contribution in [-0.2, 0) is 11.2 Å². The van der Waals surface area contributed by atoms with Gasteiger partial charge in [-0.25, -0.2) is 4.79 Å². The summed E-state index contributed by atoms with van der Waals surface area (Å²) >= 11 is 1.54. The first-order chi connectivity index (χ1) is 13.0. The fraction of sp³-hybridized carbons (Fsp3) is 0.136. The van der Waals surface area contributed by atoms with Crippen molar-refractivity contribution in [3.05, 3.63) is 83.4 Å². The van der Waals surface area contributed by atoms with Crippen LogP contribution in [0.3, 0.4) is 0 Å². The summed E-state index contributed by atoms with van der Waals surface area (Å²) in [6.07, 6.45) is 0.754. The molecule has 27 heavy (non-hydrogen) atoms. The summed E-state index contributed by atoms with van der Waals surface area (Å²) in [5.41, 5.74) is 3.10. The predicted molar refractivity (Wildman–Crippen MR) is 106 cm³/mol. The Morgan fingerprint density at radius 3 is 2.44 bits per heavy atom. The lowest BCUT2D eigenvalue weighted by Crippen LogP contribution is -2.09. The maximum absolute atomic E-state index is 10.6. The molecule has 2 N–H and O–H groups in total. The van der Waals surface area contributed by atoms with Crippen molar-refractivity contribution in [1.82, 2.24) is 0 Å². The quantitative estimate of drug-likeness (QED) is 0.610. The summed E-state index contributed by atoms with van der Waals surface area (Å²) in [4.78, 5) is 12.6. The fourth-order valence-electron chi connectivity index (χ4n) is 2.76. The molecular weight excluding hydrogens is 360 g/mol. The molecule has 0 bridgehead atoms. The van der Waals surface area contributed by atoms with Crippen LogP contribution < -0.4 is 4.74 Å². The summed E-state index contributed by atoms with van der Waals surface area (Å²) in [5, 5.41) is 18.8. The summed E-state index contributed by atoms with van der Waals surface area (Å²) in [7, 11) is 0. The Hall–Kier alpha value is -2.92. The normalized spacial score (nSPS) is 10.6. The Kier molecular flexibility index (Phi) is 6.04. The predicted octanol–water partition coefficient (Wildman–Crippen LogP) is 4.91. The first-order valence-electron chi connectivity index (χ1n) is 8.49. The molecule has 3 aromatic rings. The zero-order valence-electron chi connectivity index (χ0n) is 14.9. The highest BCUT2D eigenvalue weighted by Crippen LogP contribution is 2.34. The lowest BCUT2D eigenvalue weighted by Gasteiger charge is -2.10. The third-order valence-corrected chi connectivity index (χ3v) is 4.90. The number of rotatable bonds is 7. The highest BCUT2D eigenvalue weighted by atomic mass is 32.2. The van der Waals surface area contributed by atoms with Crippen molar-refractivity contribution in [3.8, 4) is 11.5 Å². The van der Waals surface area contributed by atoms with E-state index < -0.39 is 5.97 Å². The molecule has 0 fully saturated rings. The lowest BCUT2D eigenvalue weighted by atomic mass is 10.1. The monoisotopic (exact) mass is 380 g/mol. The van der Waals surface area contributed by atoms with Crippen LogP contribution in [-0.4, -0.2) is 22.8 Å². The minimum Gasteiger partial charge on any atom is -0.508 e. The van der Waals surface area contributed by atoms with Crippen LogP contribution in [0.2, 0.25) is 0 Å². The molecular formula is C22H20O4S. The second-order valence-electron chi connectivity index (χ2n) is 6.21. The minimum absolute atomic E-state index is 0.240. The van der Waals surface area contributed by atoms with Gasteiger partial charge in [-0.2, -0.15) is 0 Å². The third kappa shape index (κ3) is 5.53. The molecule has 0 spiro atoms. The number of aryl methyl sites for hydroxylation is 1. The van der Waals surface area contributed by atoms with E-state index in [9.17, 15) is 9.90 Å². The Bertz CT molecular complexity index is 938. The van der Waals surface area contributed by atoms with Gasteiger partial charge in [-0.3, -0.25) is 0 Å². The van der Waals surface area contributed by atoms with Gasteiger partial charge in [0.2, 0.25) is 0 Å². The number of aliphatic carboxylic acids is 1. The number of benzene rings is 3. The maximum atomic E-state index is 10.6. The number of carboxylic acid groups (broad SMARTS) is 1. The van der Waals surface area contributed by atoms with Gasteiger partial charge in [-0.1, -0.05) is 42.1 Å². The minimum atomic E-state index is -1.00. The summed E-state index contributed by atoms with van der Waals surface area (Å²) < 4.78 is 5.26. The van der Waals surface area contributed by atoms with E-state index in [1.54, 1.807) is 30.0 Å². The van der Waals surface area contributed by atoms with Crippen molar-refractivity contribution < 1.29 is 19.7 Å². The summed E-state index contributed by atoms with van der Waals surface area (Å²) in [6.45, 7) is 1.52. The second-order valence-corrected chi connectivity index (χ2v) is 7.36. The van der Waals surface area contributed by atoms with E-state index >= 15 is 0 Å². The highest BCUT2D eigenvalue weighted by Gasteiger charge is 2.07. The van der Waals surface area contributed by atoms with Crippen molar-refractivity contribution in [2.75, 3.05) is 6.61 Å². The van der Waals surface area contributed by atoms with Gasteiger partial charge in [0, 0.05) is 9.79 Å². The van der Waals surface area contributed by atoms with Crippen LogP contribution in [0.1, 0.15) is 16.7 Å². The van der Waals surface area contributed by atoms with Gasteiger partial charge in [0.25, 0.3) is 0 Å². The Morgan fingerprint density at radius 2 is 1.74 bits per heavy atom. The number of carbonyl (C=O) groups is 1. The zero-order valence-corrected chi connectivity index (χ0v) is 15.7. The van der Waals surface area contributed by atoms with Crippen molar-refractivity contribution in [2.45, 2.75) is 23.1 Å². The topological polar surface area (TPSA) is 66.8 Å². The van der Waals surface area contributed by atoms with E-state index in [-0.39, 0.29) is 12.4 Å². The van der Waals surface area contributed by atoms with Crippen molar-refractivity contribution in [2.24, 2.45) is 0 Å².